The maximum atomic E-state index is 14.6. The van der Waals surface area contributed by atoms with E-state index in [9.17, 15) is 43.7 Å². The van der Waals surface area contributed by atoms with Crippen molar-refractivity contribution < 1.29 is 48.4 Å². The number of carboxylic acid groups (broad SMARTS) is 1. The number of aromatic carboxylic acids is 1. The summed E-state index contributed by atoms with van der Waals surface area (Å²) in [5.41, 5.74) is 0.917. The summed E-state index contributed by atoms with van der Waals surface area (Å²) >= 11 is 14.8. The molecule has 1 saturated carbocycles. The molecule has 2 heterocycles. The number of halogens is 3. The summed E-state index contributed by atoms with van der Waals surface area (Å²) < 4.78 is 19.9. The minimum atomic E-state index is -2.27. The van der Waals surface area contributed by atoms with Gasteiger partial charge in [0, 0.05) is 23.6 Å². The van der Waals surface area contributed by atoms with Gasteiger partial charge in [0.15, 0.2) is 9.75 Å². The molecule has 274 valence electrons. The topological polar surface area (TPSA) is 162 Å². The number of phenolic OH excluding ortho intramolecular Hbond substituents is 1. The fraction of sp³-hybridized carbons (Fsp3) is 0.225. The molecular formula is C40H29Cl2FN2O9. The summed E-state index contributed by atoms with van der Waals surface area (Å²) in [4.78, 5) is 66.0. The van der Waals surface area contributed by atoms with Gasteiger partial charge >= 0.3 is 5.97 Å². The highest BCUT2D eigenvalue weighted by Crippen LogP contribution is 2.66. The number of amides is 4. The SMILES string of the molecule is O=C(O)c1ccc(N2C(=O)C3CC=C4C(CC5(Cl)C(=O)N(c6ccc(F)cc6)C(=O)C5(Cl)C4c4ccc(OCc5ccccc5)cc4O)C3C2=O)cc1O. The Balaban J connectivity index is 1.23. The van der Waals surface area contributed by atoms with E-state index in [-0.39, 0.29) is 47.9 Å². The molecule has 0 bridgehead atoms. The number of alkyl halides is 2. The number of carbonyl (C=O) groups excluding carboxylic acids is 4. The number of hydrogen-bond donors (Lipinski definition) is 3. The molecule has 54 heavy (non-hydrogen) atoms. The Bertz CT molecular complexity index is 2320. The first-order chi connectivity index (χ1) is 25.8. The first-order valence-electron chi connectivity index (χ1n) is 16.9. The van der Waals surface area contributed by atoms with E-state index in [1.165, 1.54) is 30.3 Å². The molecule has 3 fully saturated rings. The van der Waals surface area contributed by atoms with Crippen molar-refractivity contribution in [3.8, 4) is 17.2 Å². The monoisotopic (exact) mass is 770 g/mol. The number of phenols is 2. The van der Waals surface area contributed by atoms with E-state index in [0.29, 0.717) is 5.57 Å². The van der Waals surface area contributed by atoms with Gasteiger partial charge in [-0.3, -0.25) is 19.2 Å². The van der Waals surface area contributed by atoms with E-state index in [1.807, 2.05) is 30.3 Å². The fourth-order valence-electron chi connectivity index (χ4n) is 8.44. The van der Waals surface area contributed by atoms with Crippen molar-refractivity contribution in [1.82, 2.24) is 0 Å². The largest absolute Gasteiger partial charge is 0.508 e. The van der Waals surface area contributed by atoms with Crippen LogP contribution in [-0.2, 0) is 25.8 Å². The van der Waals surface area contributed by atoms with E-state index in [1.54, 1.807) is 12.1 Å². The maximum absolute atomic E-state index is 14.6. The van der Waals surface area contributed by atoms with Gasteiger partial charge in [0.1, 0.15) is 35.2 Å². The van der Waals surface area contributed by atoms with Crippen LogP contribution >= 0.6 is 23.2 Å². The number of carbonyl (C=O) groups is 5. The molecule has 2 saturated heterocycles. The molecule has 11 nitrogen and oxygen atoms in total. The summed E-state index contributed by atoms with van der Waals surface area (Å²) in [6, 6.07) is 21.7. The lowest BCUT2D eigenvalue weighted by Gasteiger charge is -2.50. The molecule has 2 aliphatic heterocycles. The molecule has 4 amide bonds. The molecule has 6 atom stereocenters. The summed E-state index contributed by atoms with van der Waals surface area (Å²) in [5, 5.41) is 31.4. The Labute approximate surface area is 316 Å². The Morgan fingerprint density at radius 1 is 0.815 bits per heavy atom. The summed E-state index contributed by atoms with van der Waals surface area (Å²) in [7, 11) is 0. The number of nitrogens with zero attached hydrogens (tertiary/aromatic N) is 2. The molecule has 4 aliphatic rings. The fourth-order valence-corrected chi connectivity index (χ4v) is 9.36. The third kappa shape index (κ3) is 5.11. The van der Waals surface area contributed by atoms with Crippen LogP contribution in [0.2, 0.25) is 0 Å². The normalized spacial score (nSPS) is 27.4. The molecule has 0 spiro atoms. The molecular weight excluding hydrogens is 742 g/mol. The van der Waals surface area contributed by atoms with Crippen molar-refractivity contribution in [2.24, 2.45) is 17.8 Å². The third-order valence-electron chi connectivity index (χ3n) is 10.9. The van der Waals surface area contributed by atoms with Crippen LogP contribution in [0.4, 0.5) is 15.8 Å². The summed E-state index contributed by atoms with van der Waals surface area (Å²) in [5.74, 6) is -10.2. The number of benzene rings is 4. The zero-order valence-electron chi connectivity index (χ0n) is 28.0. The summed E-state index contributed by atoms with van der Waals surface area (Å²) in [6.45, 7) is 0.187. The van der Waals surface area contributed by atoms with Crippen LogP contribution in [0.3, 0.4) is 0 Å². The molecule has 6 unspecified atom stereocenters. The highest BCUT2D eigenvalue weighted by molar-refractivity contribution is 6.58. The van der Waals surface area contributed by atoms with Gasteiger partial charge < -0.3 is 20.1 Å². The molecule has 3 N–H and O–H groups in total. The predicted octanol–water partition coefficient (Wildman–Crippen LogP) is 6.28. The van der Waals surface area contributed by atoms with Gasteiger partial charge in [0.05, 0.1) is 23.2 Å². The van der Waals surface area contributed by atoms with Gasteiger partial charge in [-0.2, -0.15) is 0 Å². The van der Waals surface area contributed by atoms with Crippen LogP contribution in [0.5, 0.6) is 17.2 Å². The molecule has 4 aromatic rings. The second kappa shape index (κ2) is 12.7. The van der Waals surface area contributed by atoms with Crippen LogP contribution in [0.15, 0.2) is 103 Å². The second-order valence-electron chi connectivity index (χ2n) is 13.8. The minimum Gasteiger partial charge on any atom is -0.508 e. The zero-order chi connectivity index (χ0) is 38.3. The van der Waals surface area contributed by atoms with Crippen LogP contribution in [0, 0.1) is 23.6 Å². The smallest absolute Gasteiger partial charge is 0.339 e. The average molecular weight is 772 g/mol. The molecule has 0 aromatic heterocycles. The minimum absolute atomic E-state index is 0.00576. The van der Waals surface area contributed by atoms with E-state index in [2.05, 4.69) is 0 Å². The number of rotatable bonds is 7. The Morgan fingerprint density at radius 2 is 1.52 bits per heavy atom. The number of hydrogen-bond acceptors (Lipinski definition) is 8. The average Bonchev–Trinajstić information content (AvgIpc) is 3.49. The number of fused-ring (bicyclic) bond motifs is 4. The van der Waals surface area contributed by atoms with Gasteiger partial charge in [-0.25, -0.2) is 19.0 Å². The standard InChI is InChI=1S/C40H29Cl2FN2O9/c41-39-18-29-25(14-15-28-32(29)35(49)44(34(28)48)23-10-12-27(36(50)51)30(46)16-23)33(26-13-11-24(17-31(26)47)54-19-20-4-2-1-3-5-20)40(39,42)38(53)45(37(39)52)22-8-6-21(43)7-9-22/h1-14,16-17,28-29,32-33,46-47H,15,18-19H2,(H,50,51). The van der Waals surface area contributed by atoms with Crippen molar-refractivity contribution in [3.05, 3.63) is 125 Å². The molecule has 8 rings (SSSR count). The van der Waals surface area contributed by atoms with E-state index < -0.39 is 80.1 Å². The van der Waals surface area contributed by atoms with Crippen LogP contribution in [0.1, 0.15) is 40.2 Å². The second-order valence-corrected chi connectivity index (χ2v) is 15.0. The van der Waals surface area contributed by atoms with Gasteiger partial charge in [-0.1, -0.05) is 48.0 Å². The Hall–Kier alpha value is -5.72. The van der Waals surface area contributed by atoms with Crippen molar-refractivity contribution in [2.75, 3.05) is 9.80 Å². The lowest BCUT2D eigenvalue weighted by molar-refractivity contribution is -0.125. The molecule has 2 aliphatic carbocycles. The zero-order valence-corrected chi connectivity index (χ0v) is 29.5. The number of aromatic hydroxyl groups is 2. The van der Waals surface area contributed by atoms with Gasteiger partial charge in [-0.15, -0.1) is 23.2 Å². The first kappa shape index (κ1) is 35.3. The van der Waals surface area contributed by atoms with Gasteiger partial charge in [0.2, 0.25) is 11.8 Å². The van der Waals surface area contributed by atoms with E-state index in [0.717, 1.165) is 39.6 Å². The Morgan fingerprint density at radius 3 is 2.19 bits per heavy atom. The molecule has 0 radical (unpaired) electrons. The van der Waals surface area contributed by atoms with E-state index in [4.69, 9.17) is 27.9 Å². The number of imide groups is 2. The van der Waals surface area contributed by atoms with Crippen molar-refractivity contribution in [3.63, 3.8) is 0 Å². The maximum Gasteiger partial charge on any atom is 0.339 e. The van der Waals surface area contributed by atoms with Crippen LogP contribution in [0.25, 0.3) is 0 Å². The summed E-state index contributed by atoms with van der Waals surface area (Å²) in [6.07, 6.45) is 1.34. The van der Waals surface area contributed by atoms with Crippen LogP contribution in [-0.4, -0.2) is 54.7 Å². The number of carboxylic acids is 1. The highest BCUT2D eigenvalue weighted by atomic mass is 35.5. The quantitative estimate of drug-likeness (QED) is 0.112. The molecule has 14 heteroatoms. The first-order valence-corrected chi connectivity index (χ1v) is 17.7. The predicted molar refractivity (Wildman–Crippen MR) is 193 cm³/mol. The van der Waals surface area contributed by atoms with Crippen molar-refractivity contribution >= 4 is 64.2 Å². The Kier molecular flexibility index (Phi) is 8.31. The van der Waals surface area contributed by atoms with Gasteiger partial charge in [0.25, 0.3) is 11.8 Å². The van der Waals surface area contributed by atoms with Gasteiger partial charge in [-0.05, 0) is 66.8 Å². The van der Waals surface area contributed by atoms with E-state index >= 15 is 0 Å². The van der Waals surface area contributed by atoms with Crippen molar-refractivity contribution in [1.29, 1.82) is 0 Å². The lowest BCUT2D eigenvalue weighted by atomic mass is 9.56. The number of allylic oxidation sites excluding steroid dienone is 2. The third-order valence-corrected chi connectivity index (χ3v) is 12.3. The lowest BCUT2D eigenvalue weighted by Crippen LogP contribution is -2.60. The highest BCUT2D eigenvalue weighted by Gasteiger charge is 2.77. The molecule has 4 aromatic carbocycles. The van der Waals surface area contributed by atoms with Crippen LogP contribution < -0.4 is 14.5 Å². The number of ether oxygens (including phenoxy) is 1. The number of anilines is 2. The van der Waals surface area contributed by atoms with Crippen molar-refractivity contribution in [2.45, 2.75) is 35.1 Å².